The lowest BCUT2D eigenvalue weighted by atomic mass is 10.1. The predicted molar refractivity (Wildman–Crippen MR) is 96.7 cm³/mol. The van der Waals surface area contributed by atoms with E-state index in [0.29, 0.717) is 12.5 Å². The molecule has 4 heteroatoms. The molecule has 138 valence electrons. The molecule has 1 amide bonds. The summed E-state index contributed by atoms with van der Waals surface area (Å²) in [5, 5.41) is 0. The first kappa shape index (κ1) is 22.4. The Morgan fingerprint density at radius 1 is 1.00 bits per heavy atom. The lowest BCUT2D eigenvalue weighted by Crippen LogP contribution is -2.42. The smallest absolute Gasteiger partial charge is 0.248 e. The van der Waals surface area contributed by atoms with Crippen LogP contribution in [-0.4, -0.2) is 47.8 Å². The molecule has 0 spiro atoms. The molecule has 0 aliphatic carbocycles. The second-order valence-electron chi connectivity index (χ2n) is 8.62. The van der Waals surface area contributed by atoms with E-state index in [-0.39, 0.29) is 29.8 Å². The summed E-state index contributed by atoms with van der Waals surface area (Å²) >= 11 is 0. The fourth-order valence-corrected chi connectivity index (χ4v) is 2.08. The van der Waals surface area contributed by atoms with Crippen LogP contribution in [0.5, 0.6) is 0 Å². The molecule has 0 heterocycles. The maximum Gasteiger partial charge on any atom is 0.248 e. The highest BCUT2D eigenvalue weighted by atomic mass is 16.5. The molecule has 23 heavy (non-hydrogen) atoms. The Bertz CT molecular complexity index is 343. The maximum atomic E-state index is 12.4. The molecule has 0 aromatic heterocycles. The van der Waals surface area contributed by atoms with Gasteiger partial charge in [0.2, 0.25) is 5.91 Å². The highest BCUT2D eigenvalue weighted by molar-refractivity contribution is 5.77. The molecule has 0 aliphatic heterocycles. The van der Waals surface area contributed by atoms with Gasteiger partial charge in [-0.1, -0.05) is 13.8 Å². The van der Waals surface area contributed by atoms with Gasteiger partial charge in [-0.3, -0.25) is 4.79 Å². The first-order chi connectivity index (χ1) is 10.3. The molecule has 0 bridgehead atoms. The van der Waals surface area contributed by atoms with Crippen molar-refractivity contribution in [2.75, 3.05) is 19.8 Å². The summed E-state index contributed by atoms with van der Waals surface area (Å²) < 4.78 is 11.6. The third-order valence-electron chi connectivity index (χ3n) is 3.72. The Morgan fingerprint density at radius 3 is 2.00 bits per heavy atom. The summed E-state index contributed by atoms with van der Waals surface area (Å²) in [7, 11) is 0. The largest absolute Gasteiger partial charge is 0.376 e. The van der Waals surface area contributed by atoms with E-state index in [4.69, 9.17) is 9.47 Å². The lowest BCUT2D eigenvalue weighted by molar-refractivity contribution is -0.145. The fraction of sp³-hybridized carbons (Fsp3) is 0.947. The molecule has 0 aliphatic rings. The van der Waals surface area contributed by atoms with Crippen LogP contribution in [0.2, 0.25) is 0 Å². The zero-order valence-electron chi connectivity index (χ0n) is 16.9. The first-order valence-corrected chi connectivity index (χ1v) is 8.91. The van der Waals surface area contributed by atoms with Gasteiger partial charge in [0.15, 0.2) is 0 Å². The molecular weight excluding hydrogens is 290 g/mol. The van der Waals surface area contributed by atoms with E-state index in [9.17, 15) is 4.79 Å². The molecule has 0 aromatic rings. The normalized spacial score (nSPS) is 13.0. The molecule has 0 aromatic carbocycles. The first-order valence-electron chi connectivity index (χ1n) is 8.91. The van der Waals surface area contributed by atoms with Crippen molar-refractivity contribution in [3.63, 3.8) is 0 Å². The number of hydrogen-bond acceptors (Lipinski definition) is 3. The summed E-state index contributed by atoms with van der Waals surface area (Å²) in [4.78, 5) is 14.4. The second kappa shape index (κ2) is 9.63. The molecule has 0 rings (SSSR count). The van der Waals surface area contributed by atoms with E-state index < -0.39 is 0 Å². The summed E-state index contributed by atoms with van der Waals surface area (Å²) in [5.41, 5.74) is -0.501. The van der Waals surface area contributed by atoms with Gasteiger partial charge in [-0.2, -0.15) is 0 Å². The number of carbonyl (C=O) groups excluding carboxylic acids is 1. The minimum absolute atomic E-state index is 0.0745. The van der Waals surface area contributed by atoms with Crippen molar-refractivity contribution in [3.05, 3.63) is 0 Å². The SMILES string of the molecule is CC(C)CCN(C(=O)COC(C)(C)CCOC(C)(C)C)C(C)C. The Hall–Kier alpha value is -0.610. The molecule has 0 N–H and O–H groups in total. The lowest BCUT2D eigenvalue weighted by Gasteiger charge is -2.31. The third-order valence-corrected chi connectivity index (χ3v) is 3.72. The number of rotatable bonds is 10. The second-order valence-corrected chi connectivity index (χ2v) is 8.62. The molecule has 0 saturated heterocycles. The molecular formula is C19H39NO3. The summed E-state index contributed by atoms with van der Waals surface area (Å²) in [6, 6.07) is 0.206. The van der Waals surface area contributed by atoms with Gasteiger partial charge in [-0.15, -0.1) is 0 Å². The molecule has 0 saturated carbocycles. The molecule has 0 unspecified atom stereocenters. The van der Waals surface area contributed by atoms with Crippen LogP contribution in [0.15, 0.2) is 0 Å². The van der Waals surface area contributed by atoms with E-state index in [1.807, 2.05) is 39.5 Å². The van der Waals surface area contributed by atoms with Crippen LogP contribution in [0.1, 0.15) is 75.2 Å². The van der Waals surface area contributed by atoms with Crippen molar-refractivity contribution in [1.82, 2.24) is 4.90 Å². The summed E-state index contributed by atoms with van der Waals surface area (Å²) in [6.07, 6.45) is 1.79. The van der Waals surface area contributed by atoms with Crippen LogP contribution < -0.4 is 0 Å². The van der Waals surface area contributed by atoms with Crippen molar-refractivity contribution in [1.29, 1.82) is 0 Å². The van der Waals surface area contributed by atoms with Crippen molar-refractivity contribution in [2.24, 2.45) is 5.92 Å². The number of carbonyl (C=O) groups is 1. The van der Waals surface area contributed by atoms with E-state index >= 15 is 0 Å². The minimum atomic E-state index is -0.360. The number of ether oxygens (including phenoxy) is 2. The highest BCUT2D eigenvalue weighted by Gasteiger charge is 2.24. The van der Waals surface area contributed by atoms with Crippen molar-refractivity contribution in [3.8, 4) is 0 Å². The number of hydrogen-bond donors (Lipinski definition) is 0. The van der Waals surface area contributed by atoms with Crippen molar-refractivity contribution in [2.45, 2.75) is 92.4 Å². The summed E-state index contributed by atoms with van der Waals surface area (Å²) in [6.45, 7) is 20.2. The van der Waals surface area contributed by atoms with Crippen molar-refractivity contribution >= 4 is 5.91 Å². The van der Waals surface area contributed by atoms with Gasteiger partial charge < -0.3 is 14.4 Å². The fourth-order valence-electron chi connectivity index (χ4n) is 2.08. The van der Waals surface area contributed by atoms with Gasteiger partial charge in [-0.25, -0.2) is 0 Å². The van der Waals surface area contributed by atoms with Crippen LogP contribution in [-0.2, 0) is 14.3 Å². The molecule has 4 nitrogen and oxygen atoms in total. The van der Waals surface area contributed by atoms with Gasteiger partial charge in [0.1, 0.15) is 6.61 Å². The van der Waals surface area contributed by atoms with Crippen LogP contribution in [0.3, 0.4) is 0 Å². The topological polar surface area (TPSA) is 38.8 Å². The number of amides is 1. The Balaban J connectivity index is 4.35. The number of nitrogens with zero attached hydrogens (tertiary/aromatic N) is 1. The van der Waals surface area contributed by atoms with Crippen LogP contribution >= 0.6 is 0 Å². The molecule has 0 atom stereocenters. The minimum Gasteiger partial charge on any atom is -0.376 e. The van der Waals surface area contributed by atoms with Crippen LogP contribution in [0.4, 0.5) is 0 Å². The van der Waals surface area contributed by atoms with Gasteiger partial charge in [0.25, 0.3) is 0 Å². The third kappa shape index (κ3) is 11.5. The van der Waals surface area contributed by atoms with Gasteiger partial charge in [-0.05, 0) is 67.2 Å². The Morgan fingerprint density at radius 2 is 1.57 bits per heavy atom. The maximum absolute atomic E-state index is 12.4. The van der Waals surface area contributed by atoms with Crippen molar-refractivity contribution < 1.29 is 14.3 Å². The van der Waals surface area contributed by atoms with Crippen LogP contribution in [0.25, 0.3) is 0 Å². The zero-order valence-corrected chi connectivity index (χ0v) is 16.9. The molecule has 0 radical (unpaired) electrons. The summed E-state index contributed by atoms with van der Waals surface area (Å²) in [5.74, 6) is 0.668. The monoisotopic (exact) mass is 329 g/mol. The van der Waals surface area contributed by atoms with E-state index in [1.165, 1.54) is 0 Å². The average Bonchev–Trinajstić information content (AvgIpc) is 2.34. The van der Waals surface area contributed by atoms with Gasteiger partial charge in [0, 0.05) is 19.2 Å². The average molecular weight is 330 g/mol. The molecule has 0 fully saturated rings. The van der Waals surface area contributed by atoms with E-state index in [2.05, 4.69) is 27.7 Å². The highest BCUT2D eigenvalue weighted by Crippen LogP contribution is 2.17. The van der Waals surface area contributed by atoms with Crippen LogP contribution in [0, 0.1) is 5.92 Å². The van der Waals surface area contributed by atoms with E-state index in [1.54, 1.807) is 0 Å². The quantitative estimate of drug-likeness (QED) is 0.601. The van der Waals surface area contributed by atoms with E-state index in [0.717, 1.165) is 19.4 Å². The van der Waals surface area contributed by atoms with Gasteiger partial charge in [0.05, 0.1) is 11.2 Å². The Kier molecular flexibility index (Phi) is 9.37. The van der Waals surface area contributed by atoms with Gasteiger partial charge >= 0.3 is 0 Å². The zero-order chi connectivity index (χ0) is 18.3. The Labute approximate surface area is 143 Å². The standard InChI is InChI=1S/C19H39NO3/c1-15(2)10-12-20(16(3)4)17(21)14-23-19(8,9)11-13-22-18(5,6)7/h15-16H,10-14H2,1-9H3. The predicted octanol–water partition coefficient (Wildman–Crippen LogP) is 4.27.